The largest absolute Gasteiger partial charge is 0.407 e. The molecule has 1 nitrogen and oxygen atoms in total. The Labute approximate surface area is 81.1 Å². The average Bonchev–Trinajstić information content (AvgIpc) is 1.96. The van der Waals surface area contributed by atoms with E-state index in [1.165, 1.54) is 0 Å². The van der Waals surface area contributed by atoms with Gasteiger partial charge in [-0.25, -0.2) is 0 Å². The maximum Gasteiger partial charge on any atom is 0.388 e. The van der Waals surface area contributed by atoms with Crippen LogP contribution in [0.2, 0.25) is 6.04 Å². The van der Waals surface area contributed by atoms with Crippen LogP contribution >= 0.6 is 23.2 Å². The maximum absolute atomic E-state index is 11.6. The summed E-state index contributed by atoms with van der Waals surface area (Å²) in [5.41, 5.74) is -0.633. The molecule has 12 heavy (non-hydrogen) atoms. The van der Waals surface area contributed by atoms with Crippen LogP contribution in [0.3, 0.4) is 0 Å². The van der Waals surface area contributed by atoms with Gasteiger partial charge in [-0.1, -0.05) is 11.6 Å². The lowest BCUT2D eigenvalue weighted by atomic mass is 10.5. The van der Waals surface area contributed by atoms with Crippen molar-refractivity contribution in [3.05, 3.63) is 0 Å². The van der Waals surface area contributed by atoms with Crippen LogP contribution in [0.15, 0.2) is 0 Å². The summed E-state index contributed by atoms with van der Waals surface area (Å²) in [6, 6.07) is 0.0591. The highest BCUT2D eigenvalue weighted by atomic mass is 35.5. The first-order valence-corrected chi connectivity index (χ1v) is 5.89. The molecule has 0 aliphatic heterocycles. The van der Waals surface area contributed by atoms with Crippen molar-refractivity contribution in [1.29, 1.82) is 0 Å². The Bertz CT molecular complexity index is 122. The SMILES string of the molecule is FC(F)(F)CC[SiH2]OC(Cl)CCl. The average molecular weight is 241 g/mol. The molecule has 0 saturated carbocycles. The van der Waals surface area contributed by atoms with E-state index >= 15 is 0 Å². The minimum atomic E-state index is -4.08. The van der Waals surface area contributed by atoms with Gasteiger partial charge >= 0.3 is 6.18 Å². The first-order valence-electron chi connectivity index (χ1n) is 3.34. The standard InChI is InChI=1S/C5H9Cl2F3OSi/c6-3-4(7)11-12-2-1-5(8,9)10/h4H,1-3,12H2. The molecular weight excluding hydrogens is 232 g/mol. The molecule has 0 rings (SSSR count). The molecular formula is C5H9Cl2F3OSi. The smallest absolute Gasteiger partial charge is 0.388 e. The van der Waals surface area contributed by atoms with Crippen LogP contribution < -0.4 is 0 Å². The summed E-state index contributed by atoms with van der Waals surface area (Å²) in [4.78, 5) is 0. The Balaban J connectivity index is 3.22. The Morgan fingerprint density at radius 3 is 2.42 bits per heavy atom. The van der Waals surface area contributed by atoms with Gasteiger partial charge in [-0.15, -0.1) is 11.6 Å². The minimum Gasteiger partial charge on any atom is -0.407 e. The van der Waals surface area contributed by atoms with Crippen molar-refractivity contribution in [2.75, 3.05) is 5.88 Å². The number of halogens is 5. The van der Waals surface area contributed by atoms with Crippen molar-refractivity contribution in [2.45, 2.75) is 24.2 Å². The molecule has 0 aromatic carbocycles. The summed E-state index contributed by atoms with van der Waals surface area (Å²) in [5, 5.41) is 0. The second kappa shape index (κ2) is 6.07. The van der Waals surface area contributed by atoms with Gasteiger partial charge < -0.3 is 4.43 Å². The number of hydrogen-bond donors (Lipinski definition) is 0. The quantitative estimate of drug-likeness (QED) is 0.407. The van der Waals surface area contributed by atoms with Gasteiger partial charge in [0, 0.05) is 6.42 Å². The normalized spacial score (nSPS) is 15.8. The molecule has 1 atom stereocenters. The van der Waals surface area contributed by atoms with Crippen molar-refractivity contribution in [3.63, 3.8) is 0 Å². The predicted octanol–water partition coefficient (Wildman–Crippen LogP) is 2.26. The third-order valence-electron chi connectivity index (χ3n) is 1.02. The molecule has 0 aromatic heterocycles. The monoisotopic (exact) mass is 240 g/mol. The van der Waals surface area contributed by atoms with E-state index in [-0.39, 0.29) is 11.9 Å². The van der Waals surface area contributed by atoms with E-state index in [0.717, 1.165) is 0 Å². The van der Waals surface area contributed by atoms with Gasteiger partial charge in [0.05, 0.1) is 5.88 Å². The van der Waals surface area contributed by atoms with E-state index in [1.54, 1.807) is 0 Å². The Kier molecular flexibility index (Phi) is 6.35. The van der Waals surface area contributed by atoms with E-state index in [9.17, 15) is 13.2 Å². The van der Waals surface area contributed by atoms with E-state index in [0.29, 0.717) is 0 Å². The zero-order chi connectivity index (χ0) is 9.61. The first kappa shape index (κ1) is 12.5. The lowest BCUT2D eigenvalue weighted by Gasteiger charge is -2.08. The predicted molar refractivity (Wildman–Crippen MR) is 45.5 cm³/mol. The van der Waals surface area contributed by atoms with Crippen molar-refractivity contribution in [3.8, 4) is 0 Å². The summed E-state index contributed by atoms with van der Waals surface area (Å²) in [6.45, 7) is 0. The molecule has 0 aliphatic carbocycles. The molecule has 0 N–H and O–H groups in total. The molecule has 74 valence electrons. The van der Waals surface area contributed by atoms with E-state index in [1.807, 2.05) is 0 Å². The molecule has 0 aromatic rings. The molecule has 1 unspecified atom stereocenters. The Morgan fingerprint density at radius 2 is 2.00 bits per heavy atom. The highest BCUT2D eigenvalue weighted by Crippen LogP contribution is 2.21. The van der Waals surface area contributed by atoms with Crippen LogP contribution in [0.25, 0.3) is 0 Å². The van der Waals surface area contributed by atoms with E-state index < -0.39 is 27.9 Å². The minimum absolute atomic E-state index is 0.0591. The third kappa shape index (κ3) is 8.64. The van der Waals surface area contributed by atoms with Crippen LogP contribution in [0, 0.1) is 0 Å². The summed E-state index contributed by atoms with van der Waals surface area (Å²) >= 11 is 10.7. The third-order valence-corrected chi connectivity index (χ3v) is 3.23. The van der Waals surface area contributed by atoms with E-state index in [4.69, 9.17) is 27.6 Å². The molecule has 7 heteroatoms. The fraction of sp³-hybridized carbons (Fsp3) is 1.00. The summed E-state index contributed by atoms with van der Waals surface area (Å²) < 4.78 is 39.6. The van der Waals surface area contributed by atoms with Crippen molar-refractivity contribution >= 4 is 33.0 Å². The summed E-state index contributed by atoms with van der Waals surface area (Å²) in [6.07, 6.45) is -4.87. The van der Waals surface area contributed by atoms with Gasteiger partial charge in [-0.05, 0) is 6.04 Å². The molecule has 0 spiro atoms. The zero-order valence-electron chi connectivity index (χ0n) is 6.20. The van der Waals surface area contributed by atoms with Gasteiger partial charge in [0.25, 0.3) is 0 Å². The molecule has 0 bridgehead atoms. The van der Waals surface area contributed by atoms with Gasteiger partial charge in [0.2, 0.25) is 0 Å². The fourth-order valence-electron chi connectivity index (χ4n) is 0.528. The number of hydrogen-bond acceptors (Lipinski definition) is 1. The zero-order valence-corrected chi connectivity index (χ0v) is 9.13. The number of alkyl halides is 5. The van der Waals surface area contributed by atoms with Crippen LogP contribution in [0.5, 0.6) is 0 Å². The Morgan fingerprint density at radius 1 is 1.42 bits per heavy atom. The molecule has 0 heterocycles. The summed E-state index contributed by atoms with van der Waals surface area (Å²) in [7, 11) is -1.16. The van der Waals surface area contributed by atoms with Crippen LogP contribution in [-0.2, 0) is 4.43 Å². The van der Waals surface area contributed by atoms with Crippen molar-refractivity contribution in [2.24, 2.45) is 0 Å². The first-order chi connectivity index (χ1) is 5.45. The van der Waals surface area contributed by atoms with Crippen molar-refractivity contribution in [1.82, 2.24) is 0 Å². The van der Waals surface area contributed by atoms with Crippen LogP contribution in [-0.4, -0.2) is 27.4 Å². The molecule has 0 fully saturated rings. The molecule has 0 radical (unpaired) electrons. The molecule has 0 aliphatic rings. The maximum atomic E-state index is 11.6. The van der Waals surface area contributed by atoms with Crippen molar-refractivity contribution < 1.29 is 17.6 Å². The van der Waals surface area contributed by atoms with Gasteiger partial charge in [0.1, 0.15) is 5.56 Å². The fourth-order valence-corrected chi connectivity index (χ4v) is 2.12. The van der Waals surface area contributed by atoms with Gasteiger partial charge in [-0.3, -0.25) is 0 Å². The lowest BCUT2D eigenvalue weighted by molar-refractivity contribution is -0.130. The molecule has 0 amide bonds. The van der Waals surface area contributed by atoms with E-state index in [2.05, 4.69) is 0 Å². The second-order valence-electron chi connectivity index (χ2n) is 2.15. The number of rotatable bonds is 5. The highest BCUT2D eigenvalue weighted by molar-refractivity contribution is 6.32. The van der Waals surface area contributed by atoms with Gasteiger partial charge in [-0.2, -0.15) is 13.2 Å². The summed E-state index contributed by atoms with van der Waals surface area (Å²) in [5.74, 6) is 0.112. The van der Waals surface area contributed by atoms with Crippen LogP contribution in [0.4, 0.5) is 13.2 Å². The second-order valence-corrected chi connectivity index (χ2v) is 4.40. The Hall–Kier alpha value is 0.547. The topological polar surface area (TPSA) is 9.23 Å². The van der Waals surface area contributed by atoms with Gasteiger partial charge in [0.15, 0.2) is 9.76 Å². The molecule has 0 saturated heterocycles. The lowest BCUT2D eigenvalue weighted by Crippen LogP contribution is -2.14. The van der Waals surface area contributed by atoms with Crippen LogP contribution in [0.1, 0.15) is 6.42 Å². The highest BCUT2D eigenvalue weighted by Gasteiger charge is 2.26.